The quantitative estimate of drug-likeness (QED) is 0.394. The highest BCUT2D eigenvalue weighted by Crippen LogP contribution is 2.38. The van der Waals surface area contributed by atoms with Crippen molar-refractivity contribution in [3.63, 3.8) is 0 Å². The molecule has 5 nitrogen and oxygen atoms in total. The zero-order valence-corrected chi connectivity index (χ0v) is 23.6. The predicted molar refractivity (Wildman–Crippen MR) is 150 cm³/mol. The fraction of sp³-hybridized carbons (Fsp3) is 0.419. The van der Waals surface area contributed by atoms with Gasteiger partial charge >= 0.3 is 0 Å². The second-order valence-electron chi connectivity index (χ2n) is 11.2. The molecule has 0 amide bonds. The Morgan fingerprint density at radius 2 is 1.35 bits per heavy atom. The van der Waals surface area contributed by atoms with E-state index in [2.05, 4.69) is 69.3 Å². The molecule has 6 heteroatoms. The fourth-order valence-electron chi connectivity index (χ4n) is 5.25. The molecule has 0 radical (unpaired) electrons. The van der Waals surface area contributed by atoms with Crippen LogP contribution in [0.15, 0.2) is 91.0 Å². The number of benzene rings is 3. The van der Waals surface area contributed by atoms with Crippen molar-refractivity contribution in [2.24, 2.45) is 0 Å². The minimum absolute atomic E-state index is 0.148. The molecule has 3 aromatic rings. The molecule has 1 heterocycles. The zero-order chi connectivity index (χ0) is 26.5. The first-order valence-corrected chi connectivity index (χ1v) is 14.9. The normalized spacial score (nSPS) is 20.6. The molecule has 3 unspecified atom stereocenters. The van der Waals surface area contributed by atoms with Crippen LogP contribution in [0.25, 0.3) is 0 Å². The molecule has 198 valence electrons. The van der Waals surface area contributed by atoms with Crippen LogP contribution in [-0.2, 0) is 25.2 Å². The largest absolute Gasteiger partial charge is 0.405 e. The monoisotopic (exact) mass is 520 g/mol. The highest BCUT2D eigenvalue weighted by molar-refractivity contribution is 6.99. The van der Waals surface area contributed by atoms with E-state index in [1.165, 1.54) is 10.4 Å². The van der Waals surface area contributed by atoms with Gasteiger partial charge in [0.25, 0.3) is 8.32 Å². The van der Waals surface area contributed by atoms with Crippen molar-refractivity contribution in [1.29, 1.82) is 0 Å². The van der Waals surface area contributed by atoms with Gasteiger partial charge in [-0.25, -0.2) is 0 Å². The van der Waals surface area contributed by atoms with E-state index < -0.39 is 32.4 Å². The van der Waals surface area contributed by atoms with E-state index in [1.807, 2.05) is 56.3 Å². The maximum atomic E-state index is 11.1. The van der Waals surface area contributed by atoms with E-state index in [-0.39, 0.29) is 11.6 Å². The summed E-state index contributed by atoms with van der Waals surface area (Å²) in [5.41, 5.74) is 1.06. The summed E-state index contributed by atoms with van der Waals surface area (Å²) in [4.78, 5) is 0. The number of aliphatic hydroxyl groups excluding tert-OH is 1. The van der Waals surface area contributed by atoms with Crippen LogP contribution in [0.1, 0.15) is 40.2 Å². The first-order valence-electron chi connectivity index (χ1n) is 13.0. The van der Waals surface area contributed by atoms with Crippen LogP contribution in [0, 0.1) is 0 Å². The number of hydrogen-bond donors (Lipinski definition) is 1. The van der Waals surface area contributed by atoms with Gasteiger partial charge in [0.15, 0.2) is 5.79 Å². The molecule has 0 aliphatic carbocycles. The van der Waals surface area contributed by atoms with Crippen LogP contribution in [-0.4, -0.2) is 50.7 Å². The molecule has 1 N–H and O–H groups in total. The molecule has 1 aliphatic heterocycles. The lowest BCUT2D eigenvalue weighted by Gasteiger charge is -2.43. The topological polar surface area (TPSA) is 57.2 Å². The van der Waals surface area contributed by atoms with Gasteiger partial charge in [-0.05, 0) is 34.8 Å². The average Bonchev–Trinajstić information content (AvgIpc) is 3.20. The fourth-order valence-corrected chi connectivity index (χ4v) is 9.82. The second kappa shape index (κ2) is 11.6. The van der Waals surface area contributed by atoms with Crippen molar-refractivity contribution in [3.05, 3.63) is 96.6 Å². The highest BCUT2D eigenvalue weighted by atomic mass is 28.4. The van der Waals surface area contributed by atoms with Gasteiger partial charge in [-0.3, -0.25) is 0 Å². The van der Waals surface area contributed by atoms with Crippen LogP contribution >= 0.6 is 0 Å². The van der Waals surface area contributed by atoms with Gasteiger partial charge in [-0.2, -0.15) is 0 Å². The van der Waals surface area contributed by atoms with Gasteiger partial charge in [-0.15, -0.1) is 0 Å². The molecule has 1 fully saturated rings. The second-order valence-corrected chi connectivity index (χ2v) is 15.5. The van der Waals surface area contributed by atoms with Crippen molar-refractivity contribution in [1.82, 2.24) is 0 Å². The Morgan fingerprint density at radius 1 is 0.838 bits per heavy atom. The van der Waals surface area contributed by atoms with Crippen LogP contribution < -0.4 is 10.4 Å². The Hall–Kier alpha value is -2.32. The number of ether oxygens (including phenoxy) is 3. The molecular weight excluding hydrogens is 480 g/mol. The van der Waals surface area contributed by atoms with E-state index in [0.29, 0.717) is 13.2 Å². The molecule has 3 atom stereocenters. The van der Waals surface area contributed by atoms with Crippen LogP contribution in [0.5, 0.6) is 0 Å². The molecule has 0 aromatic heterocycles. The smallest absolute Gasteiger partial charge is 0.261 e. The third-order valence-corrected chi connectivity index (χ3v) is 11.9. The van der Waals surface area contributed by atoms with Gasteiger partial charge in [0.1, 0.15) is 18.3 Å². The maximum absolute atomic E-state index is 11.1. The van der Waals surface area contributed by atoms with E-state index in [0.717, 1.165) is 5.56 Å². The molecule has 1 saturated heterocycles. The lowest BCUT2D eigenvalue weighted by molar-refractivity contribution is -0.160. The minimum Gasteiger partial charge on any atom is -0.405 e. The third kappa shape index (κ3) is 6.40. The van der Waals surface area contributed by atoms with Crippen molar-refractivity contribution in [3.8, 4) is 0 Å². The van der Waals surface area contributed by atoms with Crippen molar-refractivity contribution < 1.29 is 23.7 Å². The SMILES string of the molecule is CC1(C)OC(CO[Si](c2ccccc2)(c2ccccc2)C(C)(C)C)C(C(O)COCc2ccccc2)O1. The van der Waals surface area contributed by atoms with Crippen molar-refractivity contribution >= 4 is 18.7 Å². The Labute approximate surface area is 222 Å². The maximum Gasteiger partial charge on any atom is 0.261 e. The Kier molecular flexibility index (Phi) is 8.69. The summed E-state index contributed by atoms with van der Waals surface area (Å²) in [5.74, 6) is -0.829. The molecule has 4 rings (SSSR count). The van der Waals surface area contributed by atoms with Gasteiger partial charge in [0, 0.05) is 0 Å². The Morgan fingerprint density at radius 3 is 1.86 bits per heavy atom. The summed E-state index contributed by atoms with van der Waals surface area (Å²) in [6.45, 7) is 11.4. The van der Waals surface area contributed by atoms with Crippen LogP contribution in [0.3, 0.4) is 0 Å². The Balaban J connectivity index is 1.56. The molecule has 0 saturated carbocycles. The molecule has 0 spiro atoms. The summed E-state index contributed by atoms with van der Waals surface area (Å²) in [6, 6.07) is 31.0. The van der Waals surface area contributed by atoms with E-state index in [1.54, 1.807) is 0 Å². The van der Waals surface area contributed by atoms with E-state index >= 15 is 0 Å². The lowest BCUT2D eigenvalue weighted by Crippen LogP contribution is -2.67. The van der Waals surface area contributed by atoms with Crippen LogP contribution in [0.2, 0.25) is 5.04 Å². The van der Waals surface area contributed by atoms with Crippen molar-refractivity contribution in [2.45, 2.75) is 70.4 Å². The molecule has 0 bridgehead atoms. The molecule has 37 heavy (non-hydrogen) atoms. The molecule has 1 aliphatic rings. The first kappa shape index (κ1) is 27.7. The lowest BCUT2D eigenvalue weighted by atomic mass is 10.1. The summed E-state index contributed by atoms with van der Waals surface area (Å²) < 4.78 is 25.4. The molecular formula is C31H40O5Si. The number of hydrogen-bond acceptors (Lipinski definition) is 5. The third-order valence-electron chi connectivity index (χ3n) is 6.88. The zero-order valence-electron chi connectivity index (χ0n) is 22.6. The van der Waals surface area contributed by atoms with Gasteiger partial charge in [0.05, 0.1) is 19.8 Å². The average molecular weight is 521 g/mol. The number of rotatable bonds is 10. The van der Waals surface area contributed by atoms with E-state index in [4.69, 9.17) is 18.6 Å². The predicted octanol–water partition coefficient (Wildman–Crippen LogP) is 4.66. The van der Waals surface area contributed by atoms with Gasteiger partial charge in [0.2, 0.25) is 0 Å². The van der Waals surface area contributed by atoms with Crippen molar-refractivity contribution in [2.75, 3.05) is 13.2 Å². The number of aliphatic hydroxyl groups is 1. The molecule has 3 aromatic carbocycles. The first-order chi connectivity index (χ1) is 17.6. The van der Waals surface area contributed by atoms with Gasteiger partial charge in [-0.1, -0.05) is 112 Å². The van der Waals surface area contributed by atoms with Crippen LogP contribution in [0.4, 0.5) is 0 Å². The Bertz CT molecular complexity index is 1060. The summed E-state index contributed by atoms with van der Waals surface area (Å²) >= 11 is 0. The standard InChI is InChI=1S/C31H40O5Si/c1-30(2,3)37(25-17-11-7-12-18-25,26-19-13-8-14-20-26)34-23-28-29(36-31(4,5)35-28)27(32)22-33-21-24-15-9-6-10-16-24/h6-20,27-29,32H,21-23H2,1-5H3. The summed E-state index contributed by atoms with van der Waals surface area (Å²) in [6.07, 6.45) is -1.85. The minimum atomic E-state index is -2.75. The van der Waals surface area contributed by atoms with E-state index in [9.17, 15) is 5.11 Å². The van der Waals surface area contributed by atoms with Gasteiger partial charge < -0.3 is 23.7 Å². The summed E-state index contributed by atoms with van der Waals surface area (Å²) in [7, 11) is -2.75. The highest BCUT2D eigenvalue weighted by Gasteiger charge is 2.52. The summed E-state index contributed by atoms with van der Waals surface area (Å²) in [5, 5.41) is 13.3.